The van der Waals surface area contributed by atoms with Crippen molar-refractivity contribution in [3.05, 3.63) is 47.0 Å². The summed E-state index contributed by atoms with van der Waals surface area (Å²) in [5, 5.41) is 3.00. The van der Waals surface area contributed by atoms with Crippen molar-refractivity contribution >= 4 is 22.6 Å². The third-order valence-electron chi connectivity index (χ3n) is 5.94. The molecule has 7 nitrogen and oxygen atoms in total. The predicted octanol–water partition coefficient (Wildman–Crippen LogP) is 2.42. The zero-order valence-electron chi connectivity index (χ0n) is 17.0. The van der Waals surface area contributed by atoms with Gasteiger partial charge in [0.15, 0.2) is 5.65 Å². The zero-order chi connectivity index (χ0) is 20.2. The van der Waals surface area contributed by atoms with Crippen molar-refractivity contribution in [3.8, 4) is 0 Å². The molecule has 1 amide bonds. The van der Waals surface area contributed by atoms with E-state index in [2.05, 4.69) is 22.1 Å². The SMILES string of the molecule is CC1CCCCN1CCCNC(=O)CCn1c(=O)c2cccn2c2cccnc21. The maximum Gasteiger partial charge on any atom is 0.276 e. The fourth-order valence-corrected chi connectivity index (χ4v) is 4.29. The molecule has 0 bridgehead atoms. The Morgan fingerprint density at radius 2 is 2.07 bits per heavy atom. The maximum absolute atomic E-state index is 12.8. The minimum Gasteiger partial charge on any atom is -0.356 e. The first kappa shape index (κ1) is 19.6. The van der Waals surface area contributed by atoms with Crippen LogP contribution in [0, 0.1) is 0 Å². The van der Waals surface area contributed by atoms with Crippen LogP contribution in [0.25, 0.3) is 16.7 Å². The fraction of sp³-hybridized carbons (Fsp3) is 0.500. The molecule has 0 aliphatic carbocycles. The summed E-state index contributed by atoms with van der Waals surface area (Å²) in [7, 11) is 0. The molecule has 1 N–H and O–H groups in total. The van der Waals surface area contributed by atoms with E-state index in [1.165, 1.54) is 25.8 Å². The molecule has 0 aromatic carbocycles. The fourth-order valence-electron chi connectivity index (χ4n) is 4.29. The lowest BCUT2D eigenvalue weighted by Gasteiger charge is -2.33. The number of aryl methyl sites for hydroxylation is 1. The van der Waals surface area contributed by atoms with E-state index in [0.29, 0.717) is 30.3 Å². The number of nitrogens with zero attached hydrogens (tertiary/aromatic N) is 4. The van der Waals surface area contributed by atoms with Crippen LogP contribution in [0.4, 0.5) is 0 Å². The average Bonchev–Trinajstić information content (AvgIpc) is 3.23. The van der Waals surface area contributed by atoms with Crippen LogP contribution >= 0.6 is 0 Å². The Labute approximate surface area is 170 Å². The Hall–Kier alpha value is -2.67. The smallest absolute Gasteiger partial charge is 0.276 e. The van der Waals surface area contributed by atoms with Gasteiger partial charge in [-0.25, -0.2) is 4.98 Å². The van der Waals surface area contributed by atoms with Gasteiger partial charge in [0.05, 0.1) is 5.52 Å². The summed E-state index contributed by atoms with van der Waals surface area (Å²) in [4.78, 5) is 32.1. The number of carbonyl (C=O) groups is 1. The second-order valence-corrected chi connectivity index (χ2v) is 7.90. The molecule has 4 rings (SSSR count). The van der Waals surface area contributed by atoms with E-state index in [0.717, 1.165) is 18.5 Å². The van der Waals surface area contributed by atoms with E-state index in [1.807, 2.05) is 28.8 Å². The standard InChI is InChI=1S/C22H29N5O2/c1-17-7-2-3-13-25(17)14-6-12-23-20(28)10-16-27-21-18(8-4-11-24-21)26-15-5-9-19(26)22(27)29/h4-5,8-9,11,15,17H,2-3,6-7,10,12-14,16H2,1H3,(H,23,28). The molecule has 1 saturated heterocycles. The van der Waals surface area contributed by atoms with Gasteiger partial charge in [0.1, 0.15) is 5.52 Å². The Morgan fingerprint density at radius 3 is 2.93 bits per heavy atom. The summed E-state index contributed by atoms with van der Waals surface area (Å²) in [6.07, 6.45) is 8.64. The summed E-state index contributed by atoms with van der Waals surface area (Å²) in [5.74, 6) is -0.0251. The third kappa shape index (κ3) is 4.19. The summed E-state index contributed by atoms with van der Waals surface area (Å²) < 4.78 is 3.46. The largest absolute Gasteiger partial charge is 0.356 e. The van der Waals surface area contributed by atoms with Crippen molar-refractivity contribution in [3.63, 3.8) is 0 Å². The number of carbonyl (C=O) groups excluding carboxylic acids is 1. The van der Waals surface area contributed by atoms with Crippen molar-refractivity contribution in [2.75, 3.05) is 19.6 Å². The summed E-state index contributed by atoms with van der Waals surface area (Å²) in [6, 6.07) is 8.09. The molecule has 154 valence electrons. The molecule has 1 unspecified atom stereocenters. The highest BCUT2D eigenvalue weighted by atomic mass is 16.2. The lowest BCUT2D eigenvalue weighted by atomic mass is 10.0. The normalized spacial score (nSPS) is 17.8. The number of hydrogen-bond donors (Lipinski definition) is 1. The van der Waals surface area contributed by atoms with Crippen LogP contribution in [0.3, 0.4) is 0 Å². The Morgan fingerprint density at radius 1 is 1.21 bits per heavy atom. The lowest BCUT2D eigenvalue weighted by Crippen LogP contribution is -2.39. The van der Waals surface area contributed by atoms with E-state index in [1.54, 1.807) is 16.8 Å². The minimum atomic E-state index is -0.118. The minimum absolute atomic E-state index is 0.0251. The number of pyridine rings is 1. The van der Waals surface area contributed by atoms with Gasteiger partial charge in [0.25, 0.3) is 5.56 Å². The topological polar surface area (TPSA) is 71.6 Å². The second kappa shape index (κ2) is 8.78. The number of piperidine rings is 1. The van der Waals surface area contributed by atoms with Gasteiger partial charge in [0.2, 0.25) is 5.91 Å². The number of likely N-dealkylation sites (tertiary alicyclic amines) is 1. The second-order valence-electron chi connectivity index (χ2n) is 7.90. The monoisotopic (exact) mass is 395 g/mol. The van der Waals surface area contributed by atoms with Crippen LogP contribution in [0.5, 0.6) is 0 Å². The molecule has 3 aromatic rings. The molecular formula is C22H29N5O2. The van der Waals surface area contributed by atoms with E-state index in [-0.39, 0.29) is 17.9 Å². The van der Waals surface area contributed by atoms with Gasteiger partial charge in [-0.05, 0) is 57.0 Å². The Bertz CT molecular complexity index is 1050. The highest BCUT2D eigenvalue weighted by Gasteiger charge is 2.17. The van der Waals surface area contributed by atoms with E-state index < -0.39 is 0 Å². The molecule has 1 atom stereocenters. The van der Waals surface area contributed by atoms with Crippen LogP contribution in [0.2, 0.25) is 0 Å². The number of fused-ring (bicyclic) bond motifs is 3. The van der Waals surface area contributed by atoms with Crippen LogP contribution < -0.4 is 10.9 Å². The number of nitrogens with one attached hydrogen (secondary N) is 1. The highest BCUT2D eigenvalue weighted by molar-refractivity contribution is 5.77. The van der Waals surface area contributed by atoms with Gasteiger partial charge < -0.3 is 14.6 Å². The molecular weight excluding hydrogens is 366 g/mol. The van der Waals surface area contributed by atoms with Gasteiger partial charge in [-0.15, -0.1) is 0 Å². The van der Waals surface area contributed by atoms with E-state index in [4.69, 9.17) is 0 Å². The zero-order valence-corrected chi connectivity index (χ0v) is 17.0. The quantitative estimate of drug-likeness (QED) is 0.624. The first-order valence-electron chi connectivity index (χ1n) is 10.6. The lowest BCUT2D eigenvalue weighted by molar-refractivity contribution is -0.121. The van der Waals surface area contributed by atoms with Gasteiger partial charge in [-0.3, -0.25) is 14.2 Å². The van der Waals surface area contributed by atoms with Crippen molar-refractivity contribution in [2.24, 2.45) is 0 Å². The molecule has 0 spiro atoms. The van der Waals surface area contributed by atoms with Gasteiger partial charge >= 0.3 is 0 Å². The average molecular weight is 396 g/mol. The first-order valence-corrected chi connectivity index (χ1v) is 10.6. The third-order valence-corrected chi connectivity index (χ3v) is 5.94. The number of aromatic nitrogens is 3. The molecule has 3 aromatic heterocycles. The first-order chi connectivity index (χ1) is 14.1. The highest BCUT2D eigenvalue weighted by Crippen LogP contribution is 2.16. The van der Waals surface area contributed by atoms with Crippen molar-refractivity contribution in [1.82, 2.24) is 24.2 Å². The molecule has 1 fully saturated rings. The van der Waals surface area contributed by atoms with E-state index in [9.17, 15) is 9.59 Å². The predicted molar refractivity (Wildman–Crippen MR) is 114 cm³/mol. The molecule has 0 saturated carbocycles. The molecule has 29 heavy (non-hydrogen) atoms. The Kier molecular flexibility index (Phi) is 5.94. The van der Waals surface area contributed by atoms with Crippen molar-refractivity contribution < 1.29 is 4.79 Å². The number of amides is 1. The molecule has 0 radical (unpaired) electrons. The summed E-state index contributed by atoms with van der Waals surface area (Å²) in [6.45, 7) is 5.48. The van der Waals surface area contributed by atoms with Crippen molar-refractivity contribution in [1.29, 1.82) is 0 Å². The van der Waals surface area contributed by atoms with Crippen LogP contribution in [0.15, 0.2) is 41.5 Å². The maximum atomic E-state index is 12.8. The summed E-state index contributed by atoms with van der Waals surface area (Å²) >= 11 is 0. The van der Waals surface area contributed by atoms with Gasteiger partial charge in [0, 0.05) is 44.5 Å². The molecule has 7 heteroatoms. The van der Waals surface area contributed by atoms with Crippen molar-refractivity contribution in [2.45, 2.75) is 51.6 Å². The Balaban J connectivity index is 1.35. The van der Waals surface area contributed by atoms with E-state index >= 15 is 0 Å². The van der Waals surface area contributed by atoms with Gasteiger partial charge in [-0.1, -0.05) is 6.42 Å². The number of rotatable bonds is 7. The van der Waals surface area contributed by atoms with Crippen LogP contribution in [-0.4, -0.2) is 50.4 Å². The molecule has 1 aliphatic rings. The van der Waals surface area contributed by atoms with Gasteiger partial charge in [-0.2, -0.15) is 0 Å². The van der Waals surface area contributed by atoms with Crippen LogP contribution in [0.1, 0.15) is 39.0 Å². The number of hydrogen-bond acceptors (Lipinski definition) is 4. The molecule has 4 heterocycles. The molecule has 1 aliphatic heterocycles. The summed E-state index contributed by atoms with van der Waals surface area (Å²) in [5.41, 5.74) is 1.95. The van der Waals surface area contributed by atoms with Crippen LogP contribution in [-0.2, 0) is 11.3 Å².